The number of nitrogens with zero attached hydrogens (tertiary/aromatic N) is 2. The van der Waals surface area contributed by atoms with Crippen molar-refractivity contribution in [3.63, 3.8) is 0 Å². The number of carbonyl (C=O) groups is 1. The molecule has 1 aliphatic heterocycles. The minimum absolute atomic E-state index is 0.0229. The highest BCUT2D eigenvalue weighted by molar-refractivity contribution is 5.95. The molecule has 0 unspecified atom stereocenters. The van der Waals surface area contributed by atoms with Crippen LogP contribution in [0.15, 0.2) is 12.1 Å². The summed E-state index contributed by atoms with van der Waals surface area (Å²) in [5.41, 5.74) is 2.37. The van der Waals surface area contributed by atoms with Crippen LogP contribution in [0, 0.1) is 19.8 Å². The molecule has 0 saturated carbocycles. The summed E-state index contributed by atoms with van der Waals surface area (Å²) in [5, 5.41) is 8.90. The largest absolute Gasteiger partial charge is 0.396 e. The van der Waals surface area contributed by atoms with Gasteiger partial charge in [-0.2, -0.15) is 0 Å². The molecule has 0 bridgehead atoms. The van der Waals surface area contributed by atoms with Crippen LogP contribution in [0.25, 0.3) is 0 Å². The van der Waals surface area contributed by atoms with E-state index in [1.807, 2.05) is 26.0 Å². The molecule has 0 atom stereocenters. The third-order valence-electron chi connectivity index (χ3n) is 2.96. The van der Waals surface area contributed by atoms with Crippen LogP contribution in [-0.4, -0.2) is 40.6 Å². The molecule has 0 spiro atoms. The Labute approximate surface area is 94.9 Å². The van der Waals surface area contributed by atoms with E-state index in [1.54, 1.807) is 4.90 Å². The summed E-state index contributed by atoms with van der Waals surface area (Å²) < 4.78 is 0. The van der Waals surface area contributed by atoms with Crippen LogP contribution in [0.3, 0.4) is 0 Å². The SMILES string of the molecule is Cc1ccc(C(=O)N2CC(CO)C2)c(C)n1. The Morgan fingerprint density at radius 1 is 1.50 bits per heavy atom. The Morgan fingerprint density at radius 3 is 2.75 bits per heavy atom. The van der Waals surface area contributed by atoms with E-state index in [9.17, 15) is 4.79 Å². The molecule has 1 fully saturated rings. The minimum Gasteiger partial charge on any atom is -0.396 e. The average Bonchev–Trinajstić information content (AvgIpc) is 2.15. The molecule has 0 radical (unpaired) electrons. The summed E-state index contributed by atoms with van der Waals surface area (Å²) >= 11 is 0. The highest BCUT2D eigenvalue weighted by atomic mass is 16.3. The Balaban J connectivity index is 2.10. The second-order valence-electron chi connectivity index (χ2n) is 4.34. The first-order valence-corrected chi connectivity index (χ1v) is 5.46. The summed E-state index contributed by atoms with van der Waals surface area (Å²) in [4.78, 5) is 18.1. The van der Waals surface area contributed by atoms with Crippen LogP contribution in [0.5, 0.6) is 0 Å². The number of aliphatic hydroxyl groups excluding tert-OH is 1. The normalized spacial score (nSPS) is 16.1. The van der Waals surface area contributed by atoms with Gasteiger partial charge in [0, 0.05) is 31.3 Å². The Bertz CT molecular complexity index is 411. The third-order valence-corrected chi connectivity index (χ3v) is 2.96. The molecular weight excluding hydrogens is 204 g/mol. The first-order chi connectivity index (χ1) is 7.61. The van der Waals surface area contributed by atoms with Gasteiger partial charge in [-0.25, -0.2) is 0 Å². The lowest BCUT2D eigenvalue weighted by Crippen LogP contribution is -2.51. The predicted molar refractivity (Wildman–Crippen MR) is 60.2 cm³/mol. The maximum Gasteiger partial charge on any atom is 0.255 e. The van der Waals surface area contributed by atoms with Crippen molar-refractivity contribution in [2.75, 3.05) is 19.7 Å². The van der Waals surface area contributed by atoms with Crippen LogP contribution < -0.4 is 0 Å². The van der Waals surface area contributed by atoms with Crippen molar-refractivity contribution in [2.24, 2.45) is 5.92 Å². The summed E-state index contributed by atoms with van der Waals surface area (Å²) in [5.74, 6) is 0.275. The molecule has 16 heavy (non-hydrogen) atoms. The Morgan fingerprint density at radius 2 is 2.19 bits per heavy atom. The van der Waals surface area contributed by atoms with Crippen LogP contribution in [0.4, 0.5) is 0 Å². The fourth-order valence-electron chi connectivity index (χ4n) is 1.93. The molecule has 86 valence electrons. The molecule has 2 heterocycles. The second kappa shape index (κ2) is 4.22. The highest BCUT2D eigenvalue weighted by Gasteiger charge is 2.31. The van der Waals surface area contributed by atoms with Gasteiger partial charge < -0.3 is 10.0 Å². The molecule has 2 rings (SSSR count). The predicted octanol–water partition coefficient (Wildman–Crippen LogP) is 0.763. The molecule has 1 aliphatic rings. The lowest BCUT2D eigenvalue weighted by molar-refractivity contribution is 0.0361. The van der Waals surface area contributed by atoms with Gasteiger partial charge >= 0.3 is 0 Å². The molecular formula is C12H16N2O2. The standard InChI is InChI=1S/C12H16N2O2/c1-8-3-4-11(9(2)13-8)12(16)14-5-10(6-14)7-15/h3-4,10,15H,5-7H2,1-2H3. The van der Waals surface area contributed by atoms with E-state index in [0.717, 1.165) is 11.4 Å². The highest BCUT2D eigenvalue weighted by Crippen LogP contribution is 2.19. The van der Waals surface area contributed by atoms with Crippen molar-refractivity contribution in [1.82, 2.24) is 9.88 Å². The summed E-state index contributed by atoms with van der Waals surface area (Å²) in [6, 6.07) is 3.68. The molecule has 1 amide bonds. The number of aromatic nitrogens is 1. The number of carbonyl (C=O) groups excluding carboxylic acids is 1. The van der Waals surface area contributed by atoms with Crippen LogP contribution in [0.2, 0.25) is 0 Å². The van der Waals surface area contributed by atoms with Gasteiger partial charge in [0.2, 0.25) is 0 Å². The van der Waals surface area contributed by atoms with Crippen molar-refractivity contribution >= 4 is 5.91 Å². The molecule has 0 aromatic carbocycles. The van der Waals surface area contributed by atoms with E-state index in [1.165, 1.54) is 0 Å². The van der Waals surface area contributed by atoms with Gasteiger partial charge in [0.1, 0.15) is 0 Å². The number of pyridine rings is 1. The number of aryl methyl sites for hydroxylation is 2. The number of amides is 1. The van der Waals surface area contributed by atoms with E-state index >= 15 is 0 Å². The van der Waals surface area contributed by atoms with Crippen molar-refractivity contribution in [1.29, 1.82) is 0 Å². The van der Waals surface area contributed by atoms with Gasteiger partial charge in [0.25, 0.3) is 5.91 Å². The minimum atomic E-state index is 0.0229. The lowest BCUT2D eigenvalue weighted by atomic mass is 9.99. The second-order valence-corrected chi connectivity index (χ2v) is 4.34. The van der Waals surface area contributed by atoms with Gasteiger partial charge in [-0.15, -0.1) is 0 Å². The van der Waals surface area contributed by atoms with E-state index in [0.29, 0.717) is 18.7 Å². The summed E-state index contributed by atoms with van der Waals surface area (Å²) in [6.07, 6.45) is 0. The molecule has 1 aromatic rings. The first kappa shape index (κ1) is 11.1. The number of aliphatic hydroxyl groups is 1. The topological polar surface area (TPSA) is 53.4 Å². The van der Waals surface area contributed by atoms with Crippen LogP contribution >= 0.6 is 0 Å². The maximum atomic E-state index is 12.0. The van der Waals surface area contributed by atoms with E-state index in [4.69, 9.17) is 5.11 Å². The van der Waals surface area contributed by atoms with E-state index in [2.05, 4.69) is 4.98 Å². The van der Waals surface area contributed by atoms with E-state index in [-0.39, 0.29) is 18.4 Å². The van der Waals surface area contributed by atoms with E-state index < -0.39 is 0 Å². The monoisotopic (exact) mass is 220 g/mol. The number of hydrogen-bond acceptors (Lipinski definition) is 3. The smallest absolute Gasteiger partial charge is 0.255 e. The van der Waals surface area contributed by atoms with Gasteiger partial charge in [0.05, 0.1) is 11.3 Å². The van der Waals surface area contributed by atoms with Gasteiger partial charge in [-0.05, 0) is 26.0 Å². The molecule has 1 saturated heterocycles. The number of rotatable bonds is 2. The van der Waals surface area contributed by atoms with Crippen LogP contribution in [-0.2, 0) is 0 Å². The summed E-state index contributed by atoms with van der Waals surface area (Å²) in [6.45, 7) is 5.23. The molecule has 4 heteroatoms. The van der Waals surface area contributed by atoms with Gasteiger partial charge in [-0.1, -0.05) is 0 Å². The number of hydrogen-bond donors (Lipinski definition) is 1. The fraction of sp³-hybridized carbons (Fsp3) is 0.500. The van der Waals surface area contributed by atoms with Crippen LogP contribution in [0.1, 0.15) is 21.7 Å². The number of likely N-dealkylation sites (tertiary alicyclic amines) is 1. The quantitative estimate of drug-likeness (QED) is 0.800. The van der Waals surface area contributed by atoms with Crippen molar-refractivity contribution in [3.05, 3.63) is 29.1 Å². The lowest BCUT2D eigenvalue weighted by Gasteiger charge is -2.38. The fourth-order valence-corrected chi connectivity index (χ4v) is 1.93. The third kappa shape index (κ3) is 1.93. The average molecular weight is 220 g/mol. The molecule has 1 aromatic heterocycles. The Kier molecular flexibility index (Phi) is 2.92. The zero-order chi connectivity index (χ0) is 11.7. The van der Waals surface area contributed by atoms with Crippen molar-refractivity contribution < 1.29 is 9.90 Å². The zero-order valence-corrected chi connectivity index (χ0v) is 9.60. The summed E-state index contributed by atoms with van der Waals surface area (Å²) in [7, 11) is 0. The van der Waals surface area contributed by atoms with Crippen molar-refractivity contribution in [2.45, 2.75) is 13.8 Å². The Hall–Kier alpha value is -1.42. The maximum absolute atomic E-state index is 12.0. The van der Waals surface area contributed by atoms with Gasteiger partial charge in [0.15, 0.2) is 0 Å². The van der Waals surface area contributed by atoms with Gasteiger partial charge in [-0.3, -0.25) is 9.78 Å². The first-order valence-electron chi connectivity index (χ1n) is 5.46. The molecule has 0 aliphatic carbocycles. The molecule has 4 nitrogen and oxygen atoms in total. The zero-order valence-electron chi connectivity index (χ0n) is 9.60. The van der Waals surface area contributed by atoms with Crippen molar-refractivity contribution in [3.8, 4) is 0 Å². The molecule has 1 N–H and O–H groups in total.